The molecule has 1 aromatic heterocycles. The average molecular weight is 402 g/mol. The number of hydrogen-bond acceptors (Lipinski definition) is 2. The fourth-order valence-electron chi connectivity index (χ4n) is 5.15. The van der Waals surface area contributed by atoms with Crippen molar-refractivity contribution in [1.29, 1.82) is 0 Å². The van der Waals surface area contributed by atoms with Crippen molar-refractivity contribution >= 4 is 16.8 Å². The quantitative estimate of drug-likeness (QED) is 0.620. The fourth-order valence-corrected chi connectivity index (χ4v) is 5.15. The number of benzene rings is 2. The maximum Gasteiger partial charge on any atom is 0.222 e. The van der Waals surface area contributed by atoms with Gasteiger partial charge >= 0.3 is 0 Å². The molecule has 0 aliphatic carbocycles. The molecule has 1 fully saturated rings. The van der Waals surface area contributed by atoms with Gasteiger partial charge in [0.25, 0.3) is 0 Å². The molecule has 1 amide bonds. The number of aryl methyl sites for hydroxylation is 3. The molecule has 0 bridgehead atoms. The molecule has 5 rings (SSSR count). The van der Waals surface area contributed by atoms with E-state index in [1.54, 1.807) is 0 Å². The van der Waals surface area contributed by atoms with Crippen LogP contribution in [0.25, 0.3) is 10.9 Å². The molecule has 0 unspecified atom stereocenters. The molecule has 0 saturated carbocycles. The molecule has 156 valence electrons. The Morgan fingerprint density at radius 2 is 1.80 bits per heavy atom. The van der Waals surface area contributed by atoms with E-state index in [1.807, 2.05) is 4.90 Å². The second kappa shape index (κ2) is 8.27. The number of carbonyl (C=O) groups excluding carboxylic acids is 1. The van der Waals surface area contributed by atoms with Crippen LogP contribution in [0.15, 0.2) is 48.5 Å². The molecule has 0 N–H and O–H groups in total. The Bertz CT molecular complexity index is 1050. The van der Waals surface area contributed by atoms with Gasteiger partial charge in [-0.15, -0.1) is 0 Å². The molecule has 0 atom stereocenters. The summed E-state index contributed by atoms with van der Waals surface area (Å²) in [6.45, 7) is 8.09. The van der Waals surface area contributed by atoms with Crippen molar-refractivity contribution in [2.75, 3.05) is 26.2 Å². The Kier molecular flexibility index (Phi) is 5.34. The van der Waals surface area contributed by atoms with Gasteiger partial charge in [-0.05, 0) is 43.0 Å². The summed E-state index contributed by atoms with van der Waals surface area (Å²) in [5.74, 6) is 0.334. The Hall–Kier alpha value is -2.59. The van der Waals surface area contributed by atoms with E-state index in [0.717, 1.165) is 65.0 Å². The Morgan fingerprint density at radius 1 is 0.933 bits per heavy atom. The molecular formula is C26H31N3O. The van der Waals surface area contributed by atoms with Gasteiger partial charge in [0.1, 0.15) is 0 Å². The summed E-state index contributed by atoms with van der Waals surface area (Å²) < 4.78 is 2.57. The van der Waals surface area contributed by atoms with Gasteiger partial charge < -0.3 is 9.47 Å². The van der Waals surface area contributed by atoms with Crippen LogP contribution >= 0.6 is 0 Å². The molecule has 2 aliphatic rings. The van der Waals surface area contributed by atoms with Crippen LogP contribution in [0.5, 0.6) is 0 Å². The zero-order chi connectivity index (χ0) is 20.5. The SMILES string of the molecule is Cc1ccc2c(c1)c1c(n2CCc2ccccc2)CCN(CCN2CCCC2=O)C1. The van der Waals surface area contributed by atoms with Crippen molar-refractivity contribution in [3.63, 3.8) is 0 Å². The summed E-state index contributed by atoms with van der Waals surface area (Å²) in [6.07, 6.45) is 3.91. The van der Waals surface area contributed by atoms with Crippen molar-refractivity contribution in [3.8, 4) is 0 Å². The first-order valence-electron chi connectivity index (χ1n) is 11.3. The number of hydrogen-bond donors (Lipinski definition) is 0. The lowest BCUT2D eigenvalue weighted by Crippen LogP contribution is -2.38. The molecule has 2 aliphatic heterocycles. The van der Waals surface area contributed by atoms with Crippen molar-refractivity contribution in [2.45, 2.75) is 45.7 Å². The third kappa shape index (κ3) is 3.77. The minimum absolute atomic E-state index is 0.334. The van der Waals surface area contributed by atoms with Crippen molar-refractivity contribution < 1.29 is 4.79 Å². The number of nitrogens with zero attached hydrogens (tertiary/aromatic N) is 3. The van der Waals surface area contributed by atoms with Crippen LogP contribution in [0, 0.1) is 6.92 Å². The van der Waals surface area contributed by atoms with Crippen molar-refractivity contribution in [2.24, 2.45) is 0 Å². The second-order valence-electron chi connectivity index (χ2n) is 8.84. The van der Waals surface area contributed by atoms with Crippen LogP contribution in [-0.2, 0) is 30.7 Å². The zero-order valence-corrected chi connectivity index (χ0v) is 17.9. The Morgan fingerprint density at radius 3 is 2.60 bits per heavy atom. The first-order valence-corrected chi connectivity index (χ1v) is 11.3. The summed E-state index contributed by atoms with van der Waals surface area (Å²) >= 11 is 0. The van der Waals surface area contributed by atoms with Crippen molar-refractivity contribution in [3.05, 3.63) is 70.9 Å². The number of carbonyl (C=O) groups is 1. The normalized spacial score (nSPS) is 17.1. The topological polar surface area (TPSA) is 28.5 Å². The first kappa shape index (κ1) is 19.4. The van der Waals surface area contributed by atoms with Gasteiger partial charge in [-0.1, -0.05) is 42.0 Å². The molecule has 3 heterocycles. The van der Waals surface area contributed by atoms with E-state index < -0.39 is 0 Å². The maximum absolute atomic E-state index is 12.0. The van der Waals surface area contributed by atoms with Crippen molar-refractivity contribution in [1.82, 2.24) is 14.4 Å². The molecule has 0 radical (unpaired) electrons. The van der Waals surface area contributed by atoms with E-state index in [4.69, 9.17) is 0 Å². The number of fused-ring (bicyclic) bond motifs is 3. The lowest BCUT2D eigenvalue weighted by Gasteiger charge is -2.30. The predicted molar refractivity (Wildman–Crippen MR) is 122 cm³/mol. The monoisotopic (exact) mass is 401 g/mol. The lowest BCUT2D eigenvalue weighted by molar-refractivity contribution is -0.127. The lowest BCUT2D eigenvalue weighted by atomic mass is 10.0. The smallest absolute Gasteiger partial charge is 0.222 e. The molecule has 30 heavy (non-hydrogen) atoms. The maximum atomic E-state index is 12.0. The molecule has 4 heteroatoms. The van der Waals surface area contributed by atoms with Gasteiger partial charge in [0, 0.05) is 68.7 Å². The minimum atomic E-state index is 0.334. The molecular weight excluding hydrogens is 370 g/mol. The third-order valence-electron chi connectivity index (χ3n) is 6.81. The number of aromatic nitrogens is 1. The van der Waals surface area contributed by atoms with Crippen LogP contribution in [0.3, 0.4) is 0 Å². The summed E-state index contributed by atoms with van der Waals surface area (Å²) in [7, 11) is 0. The fraction of sp³-hybridized carbons (Fsp3) is 0.423. The largest absolute Gasteiger partial charge is 0.344 e. The van der Waals surface area contributed by atoms with Gasteiger partial charge in [-0.25, -0.2) is 0 Å². The van der Waals surface area contributed by atoms with Crippen LogP contribution in [0.2, 0.25) is 0 Å². The van der Waals surface area contributed by atoms with Crippen LogP contribution < -0.4 is 0 Å². The highest BCUT2D eigenvalue weighted by atomic mass is 16.2. The molecule has 1 saturated heterocycles. The van der Waals surface area contributed by atoms with E-state index in [9.17, 15) is 4.79 Å². The summed E-state index contributed by atoms with van der Waals surface area (Å²) in [4.78, 5) is 16.5. The second-order valence-corrected chi connectivity index (χ2v) is 8.84. The highest BCUT2D eigenvalue weighted by Gasteiger charge is 2.26. The Labute approximate surface area is 179 Å². The summed E-state index contributed by atoms with van der Waals surface area (Å²) in [5, 5.41) is 1.42. The van der Waals surface area contributed by atoms with Crippen LogP contribution in [-0.4, -0.2) is 46.5 Å². The van der Waals surface area contributed by atoms with Gasteiger partial charge in [-0.3, -0.25) is 9.69 Å². The van der Waals surface area contributed by atoms with Gasteiger partial charge in [-0.2, -0.15) is 0 Å². The molecule has 0 spiro atoms. The van der Waals surface area contributed by atoms with Crippen LogP contribution in [0.4, 0.5) is 0 Å². The van der Waals surface area contributed by atoms with Gasteiger partial charge in [0.2, 0.25) is 5.91 Å². The third-order valence-corrected chi connectivity index (χ3v) is 6.81. The molecule has 4 nitrogen and oxygen atoms in total. The van der Waals surface area contributed by atoms with Gasteiger partial charge in [0.05, 0.1) is 0 Å². The van der Waals surface area contributed by atoms with E-state index in [1.165, 1.54) is 33.3 Å². The number of likely N-dealkylation sites (tertiary alicyclic amines) is 1. The number of amides is 1. The first-order chi connectivity index (χ1) is 14.7. The Balaban J connectivity index is 1.38. The predicted octanol–water partition coefficient (Wildman–Crippen LogP) is 4.17. The van der Waals surface area contributed by atoms with E-state index in [0.29, 0.717) is 5.91 Å². The van der Waals surface area contributed by atoms with E-state index >= 15 is 0 Å². The minimum Gasteiger partial charge on any atom is -0.344 e. The van der Waals surface area contributed by atoms with Crippen LogP contribution in [0.1, 0.15) is 35.2 Å². The highest BCUT2D eigenvalue weighted by Crippen LogP contribution is 2.32. The number of rotatable bonds is 6. The van der Waals surface area contributed by atoms with E-state index in [2.05, 4.69) is 64.9 Å². The molecule has 2 aromatic carbocycles. The molecule has 3 aromatic rings. The average Bonchev–Trinajstić information content (AvgIpc) is 3.31. The van der Waals surface area contributed by atoms with E-state index in [-0.39, 0.29) is 0 Å². The standard InChI is InChI=1S/C26H31N3O/c1-20-9-10-24-22(18-20)23-19-27(16-17-28-13-5-8-26(28)30)14-12-25(23)29(24)15-11-21-6-3-2-4-7-21/h2-4,6-7,9-10,18H,5,8,11-17,19H2,1H3. The van der Waals surface area contributed by atoms with Gasteiger partial charge in [0.15, 0.2) is 0 Å². The zero-order valence-electron chi connectivity index (χ0n) is 17.9. The summed E-state index contributed by atoms with van der Waals surface area (Å²) in [5.41, 5.74) is 7.11. The summed E-state index contributed by atoms with van der Waals surface area (Å²) in [6, 6.07) is 17.7. The highest BCUT2D eigenvalue weighted by molar-refractivity contribution is 5.86.